The lowest BCUT2D eigenvalue weighted by Crippen LogP contribution is -3.03. The third kappa shape index (κ3) is 8.58. The van der Waals surface area contributed by atoms with Gasteiger partial charge in [0.25, 0.3) is 0 Å². The van der Waals surface area contributed by atoms with Crippen molar-refractivity contribution in [3.05, 3.63) is 11.9 Å². The highest BCUT2D eigenvalue weighted by atomic mass is 79.9. The zero-order valence-electron chi connectivity index (χ0n) is 16.1. The number of alkyl carbamates (subject to hydrolysis) is 1. The van der Waals surface area contributed by atoms with Crippen molar-refractivity contribution < 1.29 is 40.9 Å². The number of esters is 1. The number of methoxy groups -OCH3 is 1. The minimum Gasteiger partial charge on any atom is -1.00 e. The fourth-order valence-corrected chi connectivity index (χ4v) is 2.58. The highest BCUT2D eigenvalue weighted by Gasteiger charge is 2.31. The van der Waals surface area contributed by atoms with Crippen LogP contribution in [0.2, 0.25) is 0 Å². The van der Waals surface area contributed by atoms with Crippen LogP contribution in [0, 0.1) is 0 Å². The molecule has 2 atom stereocenters. The maximum Gasteiger partial charge on any atom is 0.408 e. The number of rotatable bonds is 7. The van der Waals surface area contributed by atoms with E-state index >= 15 is 0 Å². The molecule has 0 bridgehead atoms. The van der Waals surface area contributed by atoms with Crippen LogP contribution in [-0.4, -0.2) is 56.0 Å². The Kier molecular flexibility index (Phi) is 10.1. The minimum absolute atomic E-state index is 0. The number of nitrogens with zero attached hydrogens (tertiary/aromatic N) is 1. The molecule has 0 aromatic carbocycles. The Balaban J connectivity index is 0.00000576. The van der Waals surface area contributed by atoms with E-state index in [-0.39, 0.29) is 17.0 Å². The van der Waals surface area contributed by atoms with Gasteiger partial charge in [-0.05, 0) is 27.2 Å². The average molecular weight is 422 g/mol. The molecule has 146 valence electrons. The van der Waals surface area contributed by atoms with Gasteiger partial charge in [-0.15, -0.1) is 0 Å². The van der Waals surface area contributed by atoms with Crippen molar-refractivity contribution in [3.63, 3.8) is 0 Å². The first-order valence-corrected chi connectivity index (χ1v) is 8.51. The van der Waals surface area contributed by atoms with Gasteiger partial charge in [0.05, 0.1) is 19.9 Å². The second-order valence-corrected chi connectivity index (χ2v) is 7.18. The molecule has 0 saturated heterocycles. The molecule has 2 N–H and O–H groups in total. The molecule has 0 aliphatic carbocycles. The second kappa shape index (κ2) is 10.7. The summed E-state index contributed by atoms with van der Waals surface area (Å²) in [5.41, 5.74) is 0.432. The molecule has 0 spiro atoms. The summed E-state index contributed by atoms with van der Waals surface area (Å²) >= 11 is 0. The van der Waals surface area contributed by atoms with Gasteiger partial charge in [0.1, 0.15) is 17.8 Å². The fraction of sp³-hybridized carbons (Fsp3) is 0.765. The van der Waals surface area contributed by atoms with E-state index in [1.807, 2.05) is 0 Å². The Labute approximate surface area is 161 Å². The van der Waals surface area contributed by atoms with Gasteiger partial charge in [-0.2, -0.15) is 0 Å². The lowest BCUT2D eigenvalue weighted by atomic mass is 10.1. The number of hydrogen-bond donors (Lipinski definition) is 2. The van der Waals surface area contributed by atoms with Crippen LogP contribution in [0.1, 0.15) is 47.0 Å². The van der Waals surface area contributed by atoms with Crippen molar-refractivity contribution in [1.82, 2.24) is 10.2 Å². The van der Waals surface area contributed by atoms with Crippen LogP contribution in [-0.2, 0) is 14.3 Å². The van der Waals surface area contributed by atoms with E-state index in [4.69, 9.17) is 9.47 Å². The van der Waals surface area contributed by atoms with Crippen LogP contribution in [0.5, 0.6) is 0 Å². The van der Waals surface area contributed by atoms with Crippen molar-refractivity contribution >= 4 is 12.1 Å². The first kappa shape index (κ1) is 23.7. The summed E-state index contributed by atoms with van der Waals surface area (Å²) in [5.74, 6) is -0.471. The van der Waals surface area contributed by atoms with E-state index < -0.39 is 23.7 Å². The molecule has 25 heavy (non-hydrogen) atoms. The fourth-order valence-electron chi connectivity index (χ4n) is 2.58. The van der Waals surface area contributed by atoms with E-state index in [9.17, 15) is 9.59 Å². The predicted octanol–water partition coefficient (Wildman–Crippen LogP) is -2.12. The molecule has 1 amide bonds. The normalized spacial score (nSPS) is 18.1. The Hall–Kier alpha value is -1.28. The number of unbranched alkanes of at least 4 members (excludes halogenated alkanes) is 1. The molecule has 0 saturated carbocycles. The molecule has 1 aliphatic rings. The standard InChI is InChI=1S/C17H31N3O4.BrH/c1-7-8-9-20-12-19(5)11-13(20)10-14(15(21)23-6)18-16(22)24-17(2,3)4;/h11,14H,7-10,12H2,1-6H3,(H,18,22);1H/t14-;/m0./s1. The molecular weight excluding hydrogens is 390 g/mol. The molecule has 0 aromatic heterocycles. The number of ether oxygens (including phenoxy) is 2. The van der Waals surface area contributed by atoms with Gasteiger partial charge in [0.15, 0.2) is 6.67 Å². The largest absolute Gasteiger partial charge is 1.00 e. The van der Waals surface area contributed by atoms with E-state index in [1.54, 1.807) is 20.8 Å². The van der Waals surface area contributed by atoms with Gasteiger partial charge in [-0.1, -0.05) is 13.3 Å². The summed E-state index contributed by atoms with van der Waals surface area (Å²) in [6.45, 7) is 9.31. The van der Waals surface area contributed by atoms with Gasteiger partial charge in [0, 0.05) is 13.0 Å². The van der Waals surface area contributed by atoms with Crippen molar-refractivity contribution in [2.75, 3.05) is 27.4 Å². The first-order valence-electron chi connectivity index (χ1n) is 8.51. The monoisotopic (exact) mass is 421 g/mol. The first-order chi connectivity index (χ1) is 11.2. The SMILES string of the molecule is CCCCN1C[NH+](C)C=C1C[C@H](NC(=O)OC(C)(C)C)C(=O)OC.[Br-]. The van der Waals surface area contributed by atoms with Crippen molar-refractivity contribution in [1.29, 1.82) is 0 Å². The maximum absolute atomic E-state index is 12.1. The quantitative estimate of drug-likeness (QED) is 0.459. The smallest absolute Gasteiger partial charge is 0.408 e. The zero-order valence-corrected chi connectivity index (χ0v) is 17.7. The van der Waals surface area contributed by atoms with Crippen molar-refractivity contribution in [2.45, 2.75) is 58.6 Å². The highest BCUT2D eigenvalue weighted by Crippen LogP contribution is 2.15. The number of hydrogen-bond acceptors (Lipinski definition) is 5. The van der Waals surface area contributed by atoms with Crippen LogP contribution in [0.3, 0.4) is 0 Å². The molecule has 0 fully saturated rings. The average Bonchev–Trinajstić information content (AvgIpc) is 2.81. The van der Waals surface area contributed by atoms with Crippen LogP contribution in [0.4, 0.5) is 4.79 Å². The second-order valence-electron chi connectivity index (χ2n) is 7.18. The van der Waals surface area contributed by atoms with Crippen molar-refractivity contribution in [3.8, 4) is 0 Å². The van der Waals surface area contributed by atoms with E-state index in [0.717, 1.165) is 31.8 Å². The minimum atomic E-state index is -0.758. The van der Waals surface area contributed by atoms with Crippen molar-refractivity contribution in [2.24, 2.45) is 0 Å². The number of carbonyl (C=O) groups is 2. The van der Waals surface area contributed by atoms with Gasteiger partial charge >= 0.3 is 12.1 Å². The molecule has 1 aliphatic heterocycles. The maximum atomic E-state index is 12.1. The van der Waals surface area contributed by atoms with E-state index in [2.05, 4.69) is 30.4 Å². The van der Waals surface area contributed by atoms with Gasteiger partial charge in [-0.25, -0.2) is 9.59 Å². The van der Waals surface area contributed by atoms with E-state index in [1.165, 1.54) is 12.0 Å². The zero-order chi connectivity index (χ0) is 18.3. The summed E-state index contributed by atoms with van der Waals surface area (Å²) in [5, 5.41) is 2.63. The summed E-state index contributed by atoms with van der Waals surface area (Å²) in [7, 11) is 3.39. The Morgan fingerprint density at radius 1 is 1.40 bits per heavy atom. The summed E-state index contributed by atoms with van der Waals surface area (Å²) < 4.78 is 10.1. The summed E-state index contributed by atoms with van der Waals surface area (Å²) in [4.78, 5) is 27.6. The molecule has 1 rings (SSSR count). The third-order valence-corrected chi connectivity index (χ3v) is 3.63. The Bertz CT molecular complexity index is 477. The number of quaternary nitrogens is 1. The van der Waals surface area contributed by atoms with Crippen LogP contribution in [0.15, 0.2) is 11.9 Å². The van der Waals surface area contributed by atoms with Gasteiger partial charge in [0.2, 0.25) is 0 Å². The highest BCUT2D eigenvalue weighted by molar-refractivity contribution is 5.81. The number of nitrogens with one attached hydrogen (secondary N) is 2. The number of carbonyl (C=O) groups excluding carboxylic acids is 2. The molecule has 1 unspecified atom stereocenters. The number of halogens is 1. The molecule has 8 heteroatoms. The molecule has 0 radical (unpaired) electrons. The molecule has 7 nitrogen and oxygen atoms in total. The lowest BCUT2D eigenvalue weighted by molar-refractivity contribution is -0.826. The topological polar surface area (TPSA) is 72.3 Å². The van der Waals surface area contributed by atoms with E-state index in [0.29, 0.717) is 6.42 Å². The van der Waals surface area contributed by atoms with Gasteiger partial charge < -0.3 is 36.7 Å². The summed E-state index contributed by atoms with van der Waals surface area (Å²) in [6, 6.07) is -0.758. The van der Waals surface area contributed by atoms with Crippen LogP contribution >= 0.6 is 0 Å². The van der Waals surface area contributed by atoms with Crippen LogP contribution in [0.25, 0.3) is 0 Å². The molecule has 1 heterocycles. The molecular formula is C17H32BrN3O4. The Morgan fingerprint density at radius 3 is 2.56 bits per heavy atom. The van der Waals surface area contributed by atoms with Gasteiger partial charge in [-0.3, -0.25) is 4.90 Å². The molecule has 0 aromatic rings. The lowest BCUT2D eigenvalue weighted by Gasteiger charge is -2.24. The van der Waals surface area contributed by atoms with Crippen LogP contribution < -0.4 is 27.2 Å². The number of amides is 1. The third-order valence-electron chi connectivity index (χ3n) is 3.63. The Morgan fingerprint density at radius 2 is 2.04 bits per heavy atom. The predicted molar refractivity (Wildman–Crippen MR) is 91.2 cm³/mol. The summed E-state index contributed by atoms with van der Waals surface area (Å²) in [6.07, 6.45) is 4.07.